The van der Waals surface area contributed by atoms with Gasteiger partial charge >= 0.3 is 6.18 Å². The number of nitrogens with zero attached hydrogens (tertiary/aromatic N) is 6. The van der Waals surface area contributed by atoms with Crippen LogP contribution in [-0.4, -0.2) is 19.1 Å². The Balaban J connectivity index is 1.16. The van der Waals surface area contributed by atoms with Crippen molar-refractivity contribution in [2.24, 2.45) is 0 Å². The minimum atomic E-state index is -4.76. The van der Waals surface area contributed by atoms with Gasteiger partial charge in [0.15, 0.2) is 5.69 Å². The Morgan fingerprint density at radius 3 is 1.34 bits per heavy atom. The standard InChI is InChI=1S/C61H35F3N6/c1-66-47-31-45(30-46(34-47)61(62,63)64)60-58(69-54-18-10-8-16-48(54)50-24-20-41(32-56(50)69)43-22-26-52(67-36-43)39-12-4-2-5-13-39)28-38(35-65)29-59(60)70-55-19-11-9-17-49(55)51-25-21-42(33-57(51)70)44-23-27-53(68-37-44)40-14-6-3-7-15-40/h2-34,36-37H. The molecule has 0 radical (unpaired) electrons. The lowest BCUT2D eigenvalue weighted by atomic mass is 9.95. The van der Waals surface area contributed by atoms with Crippen LogP contribution < -0.4 is 0 Å². The Kier molecular flexibility index (Phi) is 9.94. The third-order valence-electron chi connectivity index (χ3n) is 13.1. The Hall–Kier alpha value is -9.57. The first-order chi connectivity index (χ1) is 34.2. The predicted molar refractivity (Wildman–Crippen MR) is 274 cm³/mol. The van der Waals surface area contributed by atoms with Crippen LogP contribution in [0.25, 0.3) is 116 Å². The highest BCUT2D eigenvalue weighted by molar-refractivity contribution is 6.13. The highest BCUT2D eigenvalue weighted by Gasteiger charge is 2.32. The summed E-state index contributed by atoms with van der Waals surface area (Å²) in [5, 5.41) is 14.6. The second-order valence-electron chi connectivity index (χ2n) is 17.1. The molecule has 0 atom stereocenters. The molecule has 0 aliphatic carbocycles. The fraction of sp³-hybridized carbons (Fsp3) is 0.0164. The molecule has 0 fully saturated rings. The lowest BCUT2D eigenvalue weighted by Gasteiger charge is -2.22. The summed E-state index contributed by atoms with van der Waals surface area (Å²) >= 11 is 0. The van der Waals surface area contributed by atoms with Crippen LogP contribution in [0.2, 0.25) is 0 Å². The molecule has 4 aromatic heterocycles. The monoisotopic (exact) mass is 908 g/mol. The quantitative estimate of drug-likeness (QED) is 0.150. The van der Waals surface area contributed by atoms with E-state index in [0.717, 1.165) is 101 Å². The number of halogens is 3. The van der Waals surface area contributed by atoms with E-state index in [1.165, 1.54) is 6.07 Å². The first-order valence-corrected chi connectivity index (χ1v) is 22.5. The fourth-order valence-corrected chi connectivity index (χ4v) is 9.82. The van der Waals surface area contributed by atoms with Gasteiger partial charge in [0, 0.05) is 67.3 Å². The SMILES string of the molecule is [C-]#[N+]c1cc(-c2c(-n3c4ccccc4c4ccc(-c5ccc(-c6ccccc6)nc5)cc43)cc(C#N)cc2-n2c3ccccc3c3ccc(-c4ccc(-c5ccccc5)nc4)cc32)cc(C(F)(F)F)c1. The Morgan fingerprint density at radius 2 is 0.900 bits per heavy atom. The summed E-state index contributed by atoms with van der Waals surface area (Å²) in [6.07, 6.45) is -1.08. The molecule has 12 aromatic rings. The molecule has 0 bridgehead atoms. The number of hydrogen-bond acceptors (Lipinski definition) is 3. The summed E-state index contributed by atoms with van der Waals surface area (Å²) in [6.45, 7) is 8.01. The topological polar surface area (TPSA) is 63.8 Å². The molecule has 12 rings (SSSR count). The van der Waals surface area contributed by atoms with Crippen LogP contribution in [0, 0.1) is 17.9 Å². The van der Waals surface area contributed by atoms with Crippen LogP contribution in [0.3, 0.4) is 0 Å². The molecule has 0 aliphatic heterocycles. The zero-order valence-corrected chi connectivity index (χ0v) is 37.0. The molecule has 70 heavy (non-hydrogen) atoms. The zero-order chi connectivity index (χ0) is 47.5. The van der Waals surface area contributed by atoms with Crippen molar-refractivity contribution in [2.75, 3.05) is 0 Å². The maximum absolute atomic E-state index is 15.0. The van der Waals surface area contributed by atoms with Crippen molar-refractivity contribution in [1.29, 1.82) is 5.26 Å². The first kappa shape index (κ1) is 41.8. The van der Waals surface area contributed by atoms with Crippen LogP contribution in [-0.2, 0) is 6.18 Å². The molecule has 0 saturated carbocycles. The lowest BCUT2D eigenvalue weighted by Crippen LogP contribution is -2.07. The summed E-state index contributed by atoms with van der Waals surface area (Å²) in [6, 6.07) is 65.4. The highest BCUT2D eigenvalue weighted by Crippen LogP contribution is 2.46. The minimum absolute atomic E-state index is 0.167. The molecule has 9 heteroatoms. The summed E-state index contributed by atoms with van der Waals surface area (Å²) in [4.78, 5) is 13.2. The maximum Gasteiger partial charge on any atom is 0.415 e. The van der Waals surface area contributed by atoms with E-state index in [9.17, 15) is 18.4 Å². The molecule has 6 nitrogen and oxygen atoms in total. The van der Waals surface area contributed by atoms with E-state index in [1.54, 1.807) is 12.1 Å². The van der Waals surface area contributed by atoms with Gasteiger partial charge in [0.2, 0.25) is 0 Å². The largest absolute Gasteiger partial charge is 0.415 e. The van der Waals surface area contributed by atoms with Gasteiger partial charge in [-0.3, -0.25) is 9.97 Å². The third kappa shape index (κ3) is 7.13. The van der Waals surface area contributed by atoms with Gasteiger partial charge in [0.05, 0.1) is 63.0 Å². The number of fused-ring (bicyclic) bond motifs is 6. The molecule has 0 amide bonds. The van der Waals surface area contributed by atoms with Gasteiger partial charge in [-0.2, -0.15) is 18.4 Å². The van der Waals surface area contributed by atoms with Gasteiger partial charge in [-0.25, -0.2) is 4.85 Å². The second kappa shape index (κ2) is 16.6. The predicted octanol–water partition coefficient (Wildman–Crippen LogP) is 16.4. The van der Waals surface area contributed by atoms with Gasteiger partial charge in [-0.15, -0.1) is 0 Å². The number of benzene rings is 8. The number of hydrogen-bond donors (Lipinski definition) is 0. The number of rotatable bonds is 7. The Morgan fingerprint density at radius 1 is 0.443 bits per heavy atom. The molecule has 0 aliphatic rings. The van der Waals surface area contributed by atoms with Crippen LogP contribution in [0.4, 0.5) is 18.9 Å². The zero-order valence-electron chi connectivity index (χ0n) is 37.0. The van der Waals surface area contributed by atoms with Crippen molar-refractivity contribution in [3.05, 3.63) is 235 Å². The number of pyridine rings is 2. The fourth-order valence-electron chi connectivity index (χ4n) is 9.82. The van der Waals surface area contributed by atoms with Gasteiger partial charge in [0.25, 0.3) is 0 Å². The second-order valence-corrected chi connectivity index (χ2v) is 17.1. The number of aromatic nitrogens is 4. The van der Waals surface area contributed by atoms with Crippen LogP contribution in [0.15, 0.2) is 213 Å². The normalized spacial score (nSPS) is 11.6. The van der Waals surface area contributed by atoms with Crippen molar-refractivity contribution in [3.63, 3.8) is 0 Å². The van der Waals surface area contributed by atoms with E-state index in [1.807, 2.05) is 167 Å². The smallest absolute Gasteiger partial charge is 0.308 e. The minimum Gasteiger partial charge on any atom is -0.308 e. The average molecular weight is 909 g/mol. The van der Waals surface area contributed by atoms with Crippen LogP contribution in [0.5, 0.6) is 0 Å². The van der Waals surface area contributed by atoms with E-state index in [-0.39, 0.29) is 16.8 Å². The van der Waals surface area contributed by atoms with Crippen molar-refractivity contribution >= 4 is 49.3 Å². The summed E-state index contributed by atoms with van der Waals surface area (Å²) in [7, 11) is 0. The first-order valence-electron chi connectivity index (χ1n) is 22.5. The molecule has 0 N–H and O–H groups in total. The highest BCUT2D eigenvalue weighted by atomic mass is 19.4. The molecule has 0 spiro atoms. The molecule has 330 valence electrons. The molecule has 0 saturated heterocycles. The van der Waals surface area contributed by atoms with E-state index in [2.05, 4.69) is 35.2 Å². The Labute approximate surface area is 399 Å². The third-order valence-corrected chi connectivity index (χ3v) is 13.1. The van der Waals surface area contributed by atoms with Crippen molar-refractivity contribution < 1.29 is 13.2 Å². The van der Waals surface area contributed by atoms with Crippen molar-refractivity contribution in [1.82, 2.24) is 19.1 Å². The van der Waals surface area contributed by atoms with Gasteiger partial charge < -0.3 is 9.13 Å². The number of nitriles is 1. The van der Waals surface area contributed by atoms with Crippen molar-refractivity contribution in [3.8, 4) is 73.3 Å². The van der Waals surface area contributed by atoms with Crippen molar-refractivity contribution in [2.45, 2.75) is 6.18 Å². The maximum atomic E-state index is 15.0. The average Bonchev–Trinajstić information content (AvgIpc) is 3.93. The van der Waals surface area contributed by atoms with E-state index < -0.39 is 11.7 Å². The molecular weight excluding hydrogens is 874 g/mol. The van der Waals surface area contributed by atoms with Crippen LogP contribution >= 0.6 is 0 Å². The summed E-state index contributed by atoms with van der Waals surface area (Å²) < 4.78 is 49.0. The van der Waals surface area contributed by atoms with Gasteiger partial charge in [0.1, 0.15) is 0 Å². The number of para-hydroxylation sites is 2. The number of alkyl halides is 3. The summed E-state index contributed by atoms with van der Waals surface area (Å²) in [5.74, 6) is 0. The summed E-state index contributed by atoms with van der Waals surface area (Å²) in [5.41, 5.74) is 10.9. The molecule has 0 unspecified atom stereocenters. The van der Waals surface area contributed by atoms with E-state index in [0.29, 0.717) is 16.9 Å². The Bertz CT molecular complexity index is 3880. The van der Waals surface area contributed by atoms with E-state index in [4.69, 9.17) is 16.5 Å². The molecule has 4 heterocycles. The van der Waals surface area contributed by atoms with E-state index >= 15 is 0 Å². The van der Waals surface area contributed by atoms with Crippen LogP contribution in [0.1, 0.15) is 11.1 Å². The lowest BCUT2D eigenvalue weighted by molar-refractivity contribution is -0.137. The molecule has 8 aromatic carbocycles. The van der Waals surface area contributed by atoms with Gasteiger partial charge in [-0.05, 0) is 83.4 Å². The molecular formula is C61H35F3N6. The van der Waals surface area contributed by atoms with Gasteiger partial charge in [-0.1, -0.05) is 133 Å².